The molecule has 1 aliphatic carbocycles. The first-order chi connectivity index (χ1) is 13.5. The molecule has 28 heavy (non-hydrogen) atoms. The van der Waals surface area contributed by atoms with Gasteiger partial charge in [0.25, 0.3) is 0 Å². The molecule has 2 nitrogen and oxygen atoms in total. The minimum atomic E-state index is -0.648. The first kappa shape index (κ1) is 20.9. The Bertz CT molecular complexity index is 804. The van der Waals surface area contributed by atoms with E-state index in [1.54, 1.807) is 30.3 Å². The maximum absolute atomic E-state index is 14.4. The number of ketones is 1. The van der Waals surface area contributed by atoms with Crippen molar-refractivity contribution < 1.29 is 18.3 Å². The van der Waals surface area contributed by atoms with E-state index in [9.17, 15) is 13.6 Å². The normalized spacial score (nSPS) is 21.8. The van der Waals surface area contributed by atoms with Gasteiger partial charge in [-0.05, 0) is 37.5 Å². The number of ether oxygens (including phenoxy) is 1. The van der Waals surface area contributed by atoms with Crippen molar-refractivity contribution >= 4 is 17.4 Å². The summed E-state index contributed by atoms with van der Waals surface area (Å²) in [6.45, 7) is 0. The largest absolute Gasteiger partial charge is 0.376 e. The topological polar surface area (TPSA) is 26.3 Å². The minimum Gasteiger partial charge on any atom is -0.376 e. The quantitative estimate of drug-likeness (QED) is 0.581. The average molecular weight is 407 g/mol. The van der Waals surface area contributed by atoms with Crippen LogP contribution >= 0.6 is 11.6 Å². The Morgan fingerprint density at radius 1 is 1.04 bits per heavy atom. The standard InChI is InChI=1S/C23H25ClF2O2/c1-28-23(16-9-5-6-12-20(16)25)17-10-4-2-3-8-15(22(17)27)14-18-19(24)11-7-13-21(18)26/h5-7,9,11-13,15,17,23H,2-4,8,10,14H2,1H3. The zero-order valence-corrected chi connectivity index (χ0v) is 16.7. The van der Waals surface area contributed by atoms with Gasteiger partial charge in [-0.3, -0.25) is 4.79 Å². The molecule has 0 radical (unpaired) electrons. The second-order valence-electron chi connectivity index (χ2n) is 7.43. The summed E-state index contributed by atoms with van der Waals surface area (Å²) in [6.07, 6.45) is 3.70. The van der Waals surface area contributed by atoms with Crippen LogP contribution in [-0.4, -0.2) is 12.9 Å². The predicted octanol–water partition coefficient (Wildman–Crippen LogP) is 6.31. The number of hydrogen-bond acceptors (Lipinski definition) is 2. The van der Waals surface area contributed by atoms with Crippen molar-refractivity contribution in [3.05, 3.63) is 70.2 Å². The SMILES string of the molecule is COC(c1ccccc1F)C1CCCCCC(Cc2c(F)cccc2Cl)C1=O. The van der Waals surface area contributed by atoms with Crippen LogP contribution in [0.4, 0.5) is 8.78 Å². The molecule has 0 aromatic heterocycles. The molecular weight excluding hydrogens is 382 g/mol. The van der Waals surface area contributed by atoms with Crippen molar-refractivity contribution in [3.8, 4) is 0 Å². The molecule has 0 amide bonds. The molecule has 0 aliphatic heterocycles. The van der Waals surface area contributed by atoms with Gasteiger partial charge in [0.1, 0.15) is 17.4 Å². The van der Waals surface area contributed by atoms with E-state index in [0.29, 0.717) is 29.0 Å². The van der Waals surface area contributed by atoms with Gasteiger partial charge in [-0.25, -0.2) is 8.78 Å². The highest BCUT2D eigenvalue weighted by atomic mass is 35.5. The third-order valence-electron chi connectivity index (χ3n) is 5.68. The minimum absolute atomic E-state index is 0.00845. The molecule has 2 aromatic rings. The zero-order chi connectivity index (χ0) is 20.1. The number of rotatable bonds is 5. The van der Waals surface area contributed by atoms with Gasteiger partial charge in [-0.1, -0.05) is 55.1 Å². The lowest BCUT2D eigenvalue weighted by Crippen LogP contribution is -2.32. The van der Waals surface area contributed by atoms with Crippen LogP contribution in [0.25, 0.3) is 0 Å². The van der Waals surface area contributed by atoms with Gasteiger partial charge in [0.15, 0.2) is 0 Å². The maximum Gasteiger partial charge on any atom is 0.142 e. The second kappa shape index (κ2) is 9.62. The number of hydrogen-bond donors (Lipinski definition) is 0. The number of carbonyl (C=O) groups excluding carboxylic acids is 1. The van der Waals surface area contributed by atoms with Crippen LogP contribution in [0, 0.1) is 23.5 Å². The lowest BCUT2D eigenvalue weighted by molar-refractivity contribution is -0.133. The number of halogens is 3. The smallest absolute Gasteiger partial charge is 0.142 e. The van der Waals surface area contributed by atoms with Gasteiger partial charge < -0.3 is 4.74 Å². The number of Topliss-reactive ketones (excluding diaryl/α,β-unsaturated/α-hetero) is 1. The molecular formula is C23H25ClF2O2. The van der Waals surface area contributed by atoms with Gasteiger partial charge in [-0.15, -0.1) is 0 Å². The van der Waals surface area contributed by atoms with E-state index < -0.39 is 17.8 Å². The highest BCUT2D eigenvalue weighted by Crippen LogP contribution is 2.37. The highest BCUT2D eigenvalue weighted by molar-refractivity contribution is 6.31. The Balaban J connectivity index is 1.90. The number of benzene rings is 2. The predicted molar refractivity (Wildman–Crippen MR) is 106 cm³/mol. The molecule has 0 spiro atoms. The fourth-order valence-corrected chi connectivity index (χ4v) is 4.45. The molecule has 2 aromatic carbocycles. The Kier molecular flexibility index (Phi) is 7.19. The number of carbonyl (C=O) groups is 1. The van der Waals surface area contributed by atoms with Gasteiger partial charge in [-0.2, -0.15) is 0 Å². The Labute approximate surface area is 169 Å². The molecule has 0 heterocycles. The molecule has 5 heteroatoms. The van der Waals surface area contributed by atoms with Crippen molar-refractivity contribution in [1.29, 1.82) is 0 Å². The van der Waals surface area contributed by atoms with Crippen molar-refractivity contribution in [2.75, 3.05) is 7.11 Å². The average Bonchev–Trinajstić information content (AvgIpc) is 2.67. The molecule has 1 aliphatic rings. The zero-order valence-electron chi connectivity index (χ0n) is 16.0. The van der Waals surface area contributed by atoms with Crippen molar-refractivity contribution in [3.63, 3.8) is 0 Å². The van der Waals surface area contributed by atoms with E-state index in [0.717, 1.165) is 19.3 Å². The van der Waals surface area contributed by atoms with Gasteiger partial charge >= 0.3 is 0 Å². The molecule has 150 valence electrons. The van der Waals surface area contributed by atoms with E-state index in [1.807, 2.05) is 0 Å². The van der Waals surface area contributed by atoms with Crippen LogP contribution in [0.2, 0.25) is 5.02 Å². The van der Waals surface area contributed by atoms with Crippen LogP contribution in [0.3, 0.4) is 0 Å². The molecule has 0 saturated heterocycles. The van der Waals surface area contributed by atoms with E-state index in [-0.39, 0.29) is 23.9 Å². The van der Waals surface area contributed by atoms with E-state index in [2.05, 4.69) is 0 Å². The maximum atomic E-state index is 14.4. The summed E-state index contributed by atoms with van der Waals surface area (Å²) in [5.41, 5.74) is 0.772. The van der Waals surface area contributed by atoms with Crippen molar-refractivity contribution in [2.45, 2.75) is 44.6 Å². The first-order valence-electron chi connectivity index (χ1n) is 9.76. The molecule has 1 saturated carbocycles. The summed E-state index contributed by atoms with van der Waals surface area (Å²) >= 11 is 6.19. The van der Waals surface area contributed by atoms with E-state index >= 15 is 0 Å². The van der Waals surface area contributed by atoms with Gasteiger partial charge in [0, 0.05) is 35.1 Å². The van der Waals surface area contributed by atoms with Crippen LogP contribution in [0.15, 0.2) is 42.5 Å². The lowest BCUT2D eigenvalue weighted by Gasteiger charge is -2.31. The van der Waals surface area contributed by atoms with Gasteiger partial charge in [0.05, 0.1) is 6.10 Å². The van der Waals surface area contributed by atoms with Crippen molar-refractivity contribution in [2.24, 2.45) is 11.8 Å². The highest BCUT2D eigenvalue weighted by Gasteiger charge is 2.36. The second-order valence-corrected chi connectivity index (χ2v) is 7.83. The van der Waals surface area contributed by atoms with E-state index in [4.69, 9.17) is 16.3 Å². The van der Waals surface area contributed by atoms with Gasteiger partial charge in [0.2, 0.25) is 0 Å². The van der Waals surface area contributed by atoms with Crippen molar-refractivity contribution in [1.82, 2.24) is 0 Å². The van der Waals surface area contributed by atoms with Crippen LogP contribution < -0.4 is 0 Å². The fraction of sp³-hybridized carbons (Fsp3) is 0.435. The summed E-state index contributed by atoms with van der Waals surface area (Å²) in [5.74, 6) is -1.58. The number of methoxy groups -OCH3 is 1. The monoisotopic (exact) mass is 406 g/mol. The molecule has 0 N–H and O–H groups in total. The summed E-state index contributed by atoms with van der Waals surface area (Å²) < 4.78 is 34.3. The third kappa shape index (κ3) is 4.61. The first-order valence-corrected chi connectivity index (χ1v) is 10.1. The van der Waals surface area contributed by atoms with Crippen LogP contribution in [0.5, 0.6) is 0 Å². The van der Waals surface area contributed by atoms with Crippen LogP contribution in [0.1, 0.15) is 49.3 Å². The van der Waals surface area contributed by atoms with Crippen LogP contribution in [-0.2, 0) is 16.0 Å². The Hall–Kier alpha value is -1.78. The Morgan fingerprint density at radius 3 is 2.46 bits per heavy atom. The summed E-state index contributed by atoms with van der Waals surface area (Å²) in [6, 6.07) is 11.0. The summed E-state index contributed by atoms with van der Waals surface area (Å²) in [7, 11) is 1.51. The summed E-state index contributed by atoms with van der Waals surface area (Å²) in [4.78, 5) is 13.4. The molecule has 1 fully saturated rings. The van der Waals surface area contributed by atoms with E-state index in [1.165, 1.54) is 19.2 Å². The molecule has 0 bridgehead atoms. The Morgan fingerprint density at radius 2 is 1.75 bits per heavy atom. The molecule has 3 atom stereocenters. The fourth-order valence-electron chi connectivity index (χ4n) is 4.21. The molecule has 3 rings (SSSR count). The third-order valence-corrected chi connectivity index (χ3v) is 6.03. The lowest BCUT2D eigenvalue weighted by atomic mass is 9.76. The molecule has 3 unspecified atom stereocenters. The summed E-state index contributed by atoms with van der Waals surface area (Å²) in [5, 5.41) is 0.337.